The van der Waals surface area contributed by atoms with Gasteiger partial charge in [0.15, 0.2) is 16.6 Å². The van der Waals surface area contributed by atoms with Crippen LogP contribution < -0.4 is 15.8 Å². The van der Waals surface area contributed by atoms with Crippen LogP contribution in [0.15, 0.2) is 0 Å². The Morgan fingerprint density at radius 1 is 1.47 bits per heavy atom. The van der Waals surface area contributed by atoms with Gasteiger partial charge in [-0.25, -0.2) is 0 Å². The lowest BCUT2D eigenvalue weighted by atomic mass is 10.4. The van der Waals surface area contributed by atoms with E-state index >= 15 is 0 Å². The SMILES string of the molecule is COc1c(N)nsc1NCCCN1CCCC1. The molecule has 0 bridgehead atoms. The molecule has 0 saturated carbocycles. The molecule has 5 nitrogen and oxygen atoms in total. The summed E-state index contributed by atoms with van der Waals surface area (Å²) in [4.78, 5) is 2.51. The number of nitrogen functional groups attached to an aromatic ring is 1. The molecule has 0 aliphatic carbocycles. The number of ether oxygens (including phenoxy) is 1. The number of hydrogen-bond donors (Lipinski definition) is 2. The van der Waals surface area contributed by atoms with Gasteiger partial charge in [-0.05, 0) is 50.4 Å². The first-order chi connectivity index (χ1) is 8.31. The number of nitrogens with two attached hydrogens (primary N) is 1. The van der Waals surface area contributed by atoms with Gasteiger partial charge in [0.2, 0.25) is 0 Å². The van der Waals surface area contributed by atoms with Crippen molar-refractivity contribution in [1.82, 2.24) is 9.27 Å². The van der Waals surface area contributed by atoms with Crippen LogP contribution in [0.4, 0.5) is 10.8 Å². The number of nitrogens with zero attached hydrogens (tertiary/aromatic N) is 2. The fourth-order valence-corrected chi connectivity index (χ4v) is 2.82. The number of anilines is 2. The van der Waals surface area contributed by atoms with Gasteiger partial charge in [-0.1, -0.05) is 0 Å². The summed E-state index contributed by atoms with van der Waals surface area (Å²) in [5.41, 5.74) is 5.68. The highest BCUT2D eigenvalue weighted by Crippen LogP contribution is 2.34. The summed E-state index contributed by atoms with van der Waals surface area (Å²) in [6, 6.07) is 0. The van der Waals surface area contributed by atoms with E-state index in [9.17, 15) is 0 Å². The molecule has 1 aromatic heterocycles. The van der Waals surface area contributed by atoms with Crippen molar-refractivity contribution >= 4 is 22.4 Å². The Morgan fingerprint density at radius 3 is 2.94 bits per heavy atom. The monoisotopic (exact) mass is 256 g/mol. The van der Waals surface area contributed by atoms with Crippen molar-refractivity contribution < 1.29 is 4.74 Å². The van der Waals surface area contributed by atoms with Crippen molar-refractivity contribution in [3.05, 3.63) is 0 Å². The Kier molecular flexibility index (Phi) is 4.44. The van der Waals surface area contributed by atoms with E-state index in [1.165, 1.54) is 44.0 Å². The molecule has 1 aliphatic rings. The quantitative estimate of drug-likeness (QED) is 0.757. The summed E-state index contributed by atoms with van der Waals surface area (Å²) < 4.78 is 9.26. The fraction of sp³-hybridized carbons (Fsp3) is 0.727. The molecular formula is C11H20N4OS. The molecule has 0 atom stereocenters. The van der Waals surface area contributed by atoms with Gasteiger partial charge >= 0.3 is 0 Å². The van der Waals surface area contributed by atoms with Gasteiger partial charge in [-0.2, -0.15) is 4.37 Å². The molecule has 17 heavy (non-hydrogen) atoms. The van der Waals surface area contributed by atoms with Gasteiger partial charge < -0.3 is 20.7 Å². The highest BCUT2D eigenvalue weighted by atomic mass is 32.1. The van der Waals surface area contributed by atoms with Crippen LogP contribution in [0.3, 0.4) is 0 Å². The molecule has 2 rings (SSSR count). The minimum atomic E-state index is 0.472. The lowest BCUT2D eigenvalue weighted by Gasteiger charge is -2.14. The van der Waals surface area contributed by atoms with Gasteiger partial charge in [0.1, 0.15) is 0 Å². The summed E-state index contributed by atoms with van der Waals surface area (Å²) in [5.74, 6) is 1.15. The minimum Gasteiger partial charge on any atom is -0.490 e. The summed E-state index contributed by atoms with van der Waals surface area (Å²) >= 11 is 1.36. The second kappa shape index (κ2) is 6.07. The van der Waals surface area contributed by atoms with Crippen molar-refractivity contribution in [1.29, 1.82) is 0 Å². The van der Waals surface area contributed by atoms with E-state index in [0.717, 1.165) is 18.0 Å². The van der Waals surface area contributed by atoms with Crippen molar-refractivity contribution in [2.75, 3.05) is 44.3 Å². The summed E-state index contributed by atoms with van der Waals surface area (Å²) in [6.07, 6.45) is 3.85. The molecule has 1 aliphatic heterocycles. The van der Waals surface area contributed by atoms with E-state index in [-0.39, 0.29) is 0 Å². The third-order valence-corrected chi connectivity index (χ3v) is 3.81. The van der Waals surface area contributed by atoms with E-state index in [1.807, 2.05) is 0 Å². The molecule has 1 aromatic rings. The number of nitrogens with one attached hydrogen (secondary N) is 1. The Bertz CT molecular complexity index is 349. The largest absolute Gasteiger partial charge is 0.490 e. The molecular weight excluding hydrogens is 236 g/mol. The lowest BCUT2D eigenvalue weighted by Crippen LogP contribution is -2.22. The van der Waals surface area contributed by atoms with Crippen LogP contribution in [0, 0.1) is 0 Å². The highest BCUT2D eigenvalue weighted by Gasteiger charge is 2.12. The topological polar surface area (TPSA) is 63.4 Å². The van der Waals surface area contributed by atoms with Crippen LogP contribution in [0.2, 0.25) is 0 Å². The van der Waals surface area contributed by atoms with E-state index in [2.05, 4.69) is 14.6 Å². The Hall–Kier alpha value is -1.01. The average Bonchev–Trinajstić information content (AvgIpc) is 2.94. The third-order valence-electron chi connectivity index (χ3n) is 3.01. The first-order valence-electron chi connectivity index (χ1n) is 6.06. The van der Waals surface area contributed by atoms with Crippen LogP contribution in [0.1, 0.15) is 19.3 Å². The maximum Gasteiger partial charge on any atom is 0.197 e. The zero-order chi connectivity index (χ0) is 12.1. The maximum atomic E-state index is 5.68. The number of hydrogen-bond acceptors (Lipinski definition) is 6. The zero-order valence-electron chi connectivity index (χ0n) is 10.2. The zero-order valence-corrected chi connectivity index (χ0v) is 11.1. The molecule has 0 aromatic carbocycles. The second-order valence-electron chi connectivity index (χ2n) is 4.26. The van der Waals surface area contributed by atoms with Gasteiger partial charge in [0.05, 0.1) is 7.11 Å². The standard InChI is InChI=1S/C11H20N4OS/c1-16-9-10(12)14-17-11(9)13-5-4-8-15-6-2-3-7-15/h13H,2-8H2,1H3,(H2,12,14). The maximum absolute atomic E-state index is 5.68. The first-order valence-corrected chi connectivity index (χ1v) is 6.84. The van der Waals surface area contributed by atoms with Crippen molar-refractivity contribution in [3.63, 3.8) is 0 Å². The first kappa shape index (κ1) is 12.4. The second-order valence-corrected chi connectivity index (χ2v) is 5.03. The molecule has 96 valence electrons. The van der Waals surface area contributed by atoms with Crippen LogP contribution >= 0.6 is 11.5 Å². The van der Waals surface area contributed by atoms with Crippen molar-refractivity contribution in [2.45, 2.75) is 19.3 Å². The molecule has 1 fully saturated rings. The molecule has 3 N–H and O–H groups in total. The fourth-order valence-electron chi connectivity index (χ4n) is 2.11. The van der Waals surface area contributed by atoms with Gasteiger partial charge in [0.25, 0.3) is 0 Å². The predicted octanol–water partition coefficient (Wildman–Crippen LogP) is 1.63. The van der Waals surface area contributed by atoms with Crippen molar-refractivity contribution in [3.8, 4) is 5.75 Å². The normalized spacial score (nSPS) is 16.3. The van der Waals surface area contributed by atoms with Gasteiger partial charge in [0, 0.05) is 6.54 Å². The molecule has 0 spiro atoms. The Morgan fingerprint density at radius 2 is 2.24 bits per heavy atom. The van der Waals surface area contributed by atoms with E-state index in [0.29, 0.717) is 11.6 Å². The smallest absolute Gasteiger partial charge is 0.197 e. The van der Waals surface area contributed by atoms with Crippen LogP contribution in [0.25, 0.3) is 0 Å². The van der Waals surface area contributed by atoms with Crippen LogP contribution in [-0.4, -0.2) is 42.6 Å². The molecule has 0 unspecified atom stereocenters. The third kappa shape index (κ3) is 3.23. The molecule has 0 radical (unpaired) electrons. The van der Waals surface area contributed by atoms with E-state index in [1.54, 1.807) is 7.11 Å². The van der Waals surface area contributed by atoms with Crippen LogP contribution in [-0.2, 0) is 0 Å². The Labute approximate surface area is 106 Å². The van der Waals surface area contributed by atoms with Gasteiger partial charge in [-0.15, -0.1) is 0 Å². The average molecular weight is 256 g/mol. The van der Waals surface area contributed by atoms with E-state index in [4.69, 9.17) is 10.5 Å². The minimum absolute atomic E-state index is 0.472. The van der Waals surface area contributed by atoms with Crippen molar-refractivity contribution in [2.24, 2.45) is 0 Å². The van der Waals surface area contributed by atoms with E-state index < -0.39 is 0 Å². The number of aromatic nitrogens is 1. The Balaban J connectivity index is 1.70. The number of methoxy groups -OCH3 is 1. The summed E-state index contributed by atoms with van der Waals surface area (Å²) in [5, 5.41) is 4.27. The molecule has 2 heterocycles. The summed E-state index contributed by atoms with van der Waals surface area (Å²) in [6.45, 7) is 4.63. The van der Waals surface area contributed by atoms with Crippen LogP contribution in [0.5, 0.6) is 5.75 Å². The molecule has 0 amide bonds. The number of likely N-dealkylation sites (tertiary alicyclic amines) is 1. The summed E-state index contributed by atoms with van der Waals surface area (Å²) in [7, 11) is 1.62. The lowest BCUT2D eigenvalue weighted by molar-refractivity contribution is 0.337. The predicted molar refractivity (Wildman–Crippen MR) is 71.9 cm³/mol. The highest BCUT2D eigenvalue weighted by molar-refractivity contribution is 7.11. The van der Waals surface area contributed by atoms with Gasteiger partial charge in [-0.3, -0.25) is 0 Å². The molecule has 6 heteroatoms. The molecule has 1 saturated heterocycles. The number of rotatable bonds is 6.